The van der Waals surface area contributed by atoms with Crippen LogP contribution in [0.2, 0.25) is 0 Å². The van der Waals surface area contributed by atoms with Gasteiger partial charge >= 0.3 is 6.18 Å². The Kier molecular flexibility index (Phi) is 3.28. The SMILES string of the molecule is COCC1CCNc2cc(C(F)(F)F)ccc21. The molecular formula is C12H14F3NO. The van der Waals surface area contributed by atoms with Crippen LogP contribution in [0.15, 0.2) is 18.2 Å². The highest BCUT2D eigenvalue weighted by Crippen LogP contribution is 2.37. The van der Waals surface area contributed by atoms with Gasteiger partial charge in [0.25, 0.3) is 0 Å². The minimum atomic E-state index is -4.29. The molecule has 94 valence electrons. The van der Waals surface area contributed by atoms with Crippen LogP contribution in [0.5, 0.6) is 0 Å². The third kappa shape index (κ3) is 2.54. The second kappa shape index (κ2) is 4.56. The van der Waals surface area contributed by atoms with Gasteiger partial charge in [0.15, 0.2) is 0 Å². The van der Waals surface area contributed by atoms with E-state index in [0.29, 0.717) is 18.8 Å². The van der Waals surface area contributed by atoms with Crippen LogP contribution in [0.3, 0.4) is 0 Å². The summed E-state index contributed by atoms with van der Waals surface area (Å²) in [5.74, 6) is 0.179. The molecule has 17 heavy (non-hydrogen) atoms. The molecule has 0 bridgehead atoms. The lowest BCUT2D eigenvalue weighted by Gasteiger charge is -2.27. The first-order chi connectivity index (χ1) is 8.02. The smallest absolute Gasteiger partial charge is 0.385 e. The van der Waals surface area contributed by atoms with Crippen LogP contribution in [0, 0.1) is 0 Å². The Morgan fingerprint density at radius 1 is 1.41 bits per heavy atom. The molecule has 1 aliphatic rings. The minimum Gasteiger partial charge on any atom is -0.385 e. The van der Waals surface area contributed by atoms with Crippen LogP contribution in [0.4, 0.5) is 18.9 Å². The van der Waals surface area contributed by atoms with Crippen molar-refractivity contribution in [3.63, 3.8) is 0 Å². The molecule has 5 heteroatoms. The van der Waals surface area contributed by atoms with Crippen molar-refractivity contribution in [2.75, 3.05) is 25.6 Å². The van der Waals surface area contributed by atoms with Gasteiger partial charge in [-0.05, 0) is 24.1 Å². The van der Waals surface area contributed by atoms with Crippen molar-refractivity contribution in [3.8, 4) is 0 Å². The lowest BCUT2D eigenvalue weighted by Crippen LogP contribution is -2.20. The number of fused-ring (bicyclic) bond motifs is 1. The van der Waals surface area contributed by atoms with Gasteiger partial charge in [-0.2, -0.15) is 13.2 Å². The maximum absolute atomic E-state index is 12.6. The fourth-order valence-electron chi connectivity index (χ4n) is 2.15. The van der Waals surface area contributed by atoms with Gasteiger partial charge in [-0.3, -0.25) is 0 Å². The Hall–Kier alpha value is -1.23. The number of nitrogens with one attached hydrogen (secondary N) is 1. The van der Waals surface area contributed by atoms with E-state index in [1.165, 1.54) is 6.07 Å². The number of benzene rings is 1. The summed E-state index contributed by atoms with van der Waals surface area (Å²) >= 11 is 0. The van der Waals surface area contributed by atoms with E-state index in [4.69, 9.17) is 4.74 Å². The van der Waals surface area contributed by atoms with Gasteiger partial charge in [0.05, 0.1) is 12.2 Å². The molecule has 0 saturated carbocycles. The molecule has 0 radical (unpaired) electrons. The van der Waals surface area contributed by atoms with Crippen LogP contribution in [-0.2, 0) is 10.9 Å². The van der Waals surface area contributed by atoms with Crippen LogP contribution in [0.25, 0.3) is 0 Å². The van der Waals surface area contributed by atoms with Crippen molar-refractivity contribution in [2.45, 2.75) is 18.5 Å². The van der Waals surface area contributed by atoms with E-state index >= 15 is 0 Å². The molecule has 0 aromatic heterocycles. The molecule has 0 saturated heterocycles. The Labute approximate surface area is 97.8 Å². The van der Waals surface area contributed by atoms with Crippen LogP contribution < -0.4 is 5.32 Å². The Bertz CT molecular complexity index is 403. The summed E-state index contributed by atoms with van der Waals surface area (Å²) in [6.07, 6.45) is -3.41. The highest BCUT2D eigenvalue weighted by molar-refractivity contribution is 5.57. The molecule has 0 spiro atoms. The summed E-state index contributed by atoms with van der Waals surface area (Å²) < 4.78 is 42.7. The van der Waals surface area contributed by atoms with Gasteiger partial charge < -0.3 is 10.1 Å². The Morgan fingerprint density at radius 2 is 2.18 bits per heavy atom. The normalized spacial score (nSPS) is 19.6. The largest absolute Gasteiger partial charge is 0.416 e. The predicted molar refractivity (Wildman–Crippen MR) is 59.2 cm³/mol. The molecule has 1 unspecified atom stereocenters. The lowest BCUT2D eigenvalue weighted by atomic mass is 9.90. The standard InChI is InChI=1S/C12H14F3NO/c1-17-7-8-4-5-16-11-6-9(12(13,14)15)2-3-10(8)11/h2-3,6,8,16H,4-5,7H2,1H3. The van der Waals surface area contributed by atoms with Crippen molar-refractivity contribution < 1.29 is 17.9 Å². The molecule has 2 rings (SSSR count). The molecule has 1 heterocycles. The third-order valence-electron chi connectivity index (χ3n) is 3.00. The van der Waals surface area contributed by atoms with Gasteiger partial charge in [-0.25, -0.2) is 0 Å². The zero-order valence-electron chi connectivity index (χ0n) is 9.47. The van der Waals surface area contributed by atoms with Gasteiger partial charge in [-0.15, -0.1) is 0 Å². The van der Waals surface area contributed by atoms with Gasteiger partial charge in [0, 0.05) is 25.3 Å². The van der Waals surface area contributed by atoms with E-state index in [-0.39, 0.29) is 5.92 Å². The molecule has 0 amide bonds. The second-order valence-corrected chi connectivity index (χ2v) is 4.17. The minimum absolute atomic E-state index is 0.179. The first kappa shape index (κ1) is 12.2. The van der Waals surface area contributed by atoms with E-state index in [0.717, 1.165) is 18.1 Å². The highest BCUT2D eigenvalue weighted by Gasteiger charge is 2.32. The number of anilines is 1. The van der Waals surface area contributed by atoms with E-state index in [9.17, 15) is 13.2 Å². The molecule has 1 atom stereocenters. The fraction of sp³-hybridized carbons (Fsp3) is 0.500. The molecular weight excluding hydrogens is 231 g/mol. The van der Waals surface area contributed by atoms with Gasteiger partial charge in [0.2, 0.25) is 0 Å². The Balaban J connectivity index is 2.33. The zero-order chi connectivity index (χ0) is 12.5. The van der Waals surface area contributed by atoms with E-state index in [2.05, 4.69) is 5.32 Å². The quantitative estimate of drug-likeness (QED) is 0.863. The third-order valence-corrected chi connectivity index (χ3v) is 3.00. The average molecular weight is 245 g/mol. The van der Waals surface area contributed by atoms with Gasteiger partial charge in [0.1, 0.15) is 0 Å². The van der Waals surface area contributed by atoms with Gasteiger partial charge in [-0.1, -0.05) is 6.07 Å². The van der Waals surface area contributed by atoms with E-state index in [1.807, 2.05) is 0 Å². The monoisotopic (exact) mass is 245 g/mol. The molecule has 1 aliphatic heterocycles. The summed E-state index contributed by atoms with van der Waals surface area (Å²) in [4.78, 5) is 0. The number of alkyl halides is 3. The zero-order valence-corrected chi connectivity index (χ0v) is 9.47. The Morgan fingerprint density at radius 3 is 2.82 bits per heavy atom. The number of rotatable bonds is 2. The molecule has 2 nitrogen and oxygen atoms in total. The number of halogens is 3. The topological polar surface area (TPSA) is 21.3 Å². The van der Waals surface area contributed by atoms with Crippen LogP contribution >= 0.6 is 0 Å². The molecule has 1 aromatic rings. The van der Waals surface area contributed by atoms with E-state index < -0.39 is 11.7 Å². The summed E-state index contributed by atoms with van der Waals surface area (Å²) in [7, 11) is 1.60. The van der Waals surface area contributed by atoms with Crippen molar-refractivity contribution in [3.05, 3.63) is 29.3 Å². The summed E-state index contributed by atoms with van der Waals surface area (Å²) in [6.45, 7) is 1.22. The van der Waals surface area contributed by atoms with Crippen molar-refractivity contribution in [2.24, 2.45) is 0 Å². The predicted octanol–water partition coefficient (Wildman–Crippen LogP) is 3.25. The highest BCUT2D eigenvalue weighted by atomic mass is 19.4. The van der Waals surface area contributed by atoms with E-state index in [1.54, 1.807) is 13.2 Å². The van der Waals surface area contributed by atoms with Crippen LogP contribution in [-0.4, -0.2) is 20.3 Å². The molecule has 1 N–H and O–H groups in total. The number of hydrogen-bond donors (Lipinski definition) is 1. The van der Waals surface area contributed by atoms with Crippen molar-refractivity contribution in [1.82, 2.24) is 0 Å². The van der Waals surface area contributed by atoms with Crippen molar-refractivity contribution >= 4 is 5.69 Å². The lowest BCUT2D eigenvalue weighted by molar-refractivity contribution is -0.137. The average Bonchev–Trinajstić information content (AvgIpc) is 2.28. The first-order valence-electron chi connectivity index (χ1n) is 5.46. The second-order valence-electron chi connectivity index (χ2n) is 4.17. The fourth-order valence-corrected chi connectivity index (χ4v) is 2.15. The number of methoxy groups -OCH3 is 1. The summed E-state index contributed by atoms with van der Waals surface area (Å²) in [5.41, 5.74) is 0.876. The molecule has 1 aromatic carbocycles. The summed E-state index contributed by atoms with van der Waals surface area (Å²) in [5, 5.41) is 3.01. The first-order valence-corrected chi connectivity index (χ1v) is 5.46. The maximum atomic E-state index is 12.6. The maximum Gasteiger partial charge on any atom is 0.416 e. The van der Waals surface area contributed by atoms with Crippen LogP contribution in [0.1, 0.15) is 23.5 Å². The number of ether oxygens (including phenoxy) is 1. The summed E-state index contributed by atoms with van der Waals surface area (Å²) in [6, 6.07) is 3.86. The molecule has 0 fully saturated rings. The van der Waals surface area contributed by atoms with Crippen molar-refractivity contribution in [1.29, 1.82) is 0 Å². The molecule has 0 aliphatic carbocycles. The number of hydrogen-bond acceptors (Lipinski definition) is 2.